The van der Waals surface area contributed by atoms with Crippen molar-refractivity contribution in [1.82, 2.24) is 4.98 Å². The van der Waals surface area contributed by atoms with Gasteiger partial charge in [-0.3, -0.25) is 4.98 Å². The number of benzene rings is 1. The number of alkyl halides is 3. The van der Waals surface area contributed by atoms with E-state index in [1.807, 2.05) is 0 Å². The fourth-order valence-electron chi connectivity index (χ4n) is 1.87. The van der Waals surface area contributed by atoms with Crippen LogP contribution in [0.2, 0.25) is 0 Å². The van der Waals surface area contributed by atoms with Gasteiger partial charge < -0.3 is 5.11 Å². The molecule has 5 heteroatoms. The van der Waals surface area contributed by atoms with Crippen molar-refractivity contribution in [1.29, 1.82) is 0 Å². The summed E-state index contributed by atoms with van der Waals surface area (Å²) >= 11 is 0. The first-order valence-electron chi connectivity index (χ1n) is 5.01. The van der Waals surface area contributed by atoms with Crippen LogP contribution in [0.1, 0.15) is 16.8 Å². The third-order valence-electron chi connectivity index (χ3n) is 2.55. The van der Waals surface area contributed by atoms with Crippen LogP contribution in [-0.4, -0.2) is 10.1 Å². The Morgan fingerprint density at radius 3 is 2.59 bits per heavy atom. The highest BCUT2D eigenvalue weighted by Gasteiger charge is 2.33. The quantitative estimate of drug-likeness (QED) is 0.832. The Bertz CT molecular complexity index is 563. The van der Waals surface area contributed by atoms with Gasteiger partial charge in [-0.25, -0.2) is 0 Å². The fourth-order valence-corrected chi connectivity index (χ4v) is 1.87. The monoisotopic (exact) mass is 241 g/mol. The van der Waals surface area contributed by atoms with Gasteiger partial charge in [-0.1, -0.05) is 6.07 Å². The molecule has 0 bridgehead atoms. The van der Waals surface area contributed by atoms with E-state index in [1.165, 1.54) is 18.2 Å². The van der Waals surface area contributed by atoms with Gasteiger partial charge in [0, 0.05) is 5.39 Å². The van der Waals surface area contributed by atoms with E-state index in [0.717, 1.165) is 6.07 Å². The lowest BCUT2D eigenvalue weighted by atomic mass is 10.0. The zero-order valence-electron chi connectivity index (χ0n) is 9.04. The van der Waals surface area contributed by atoms with Crippen molar-refractivity contribution in [2.24, 2.45) is 0 Å². The Morgan fingerprint density at radius 2 is 2.00 bits per heavy atom. The number of aliphatic hydroxyl groups excluding tert-OH is 1. The molecule has 0 aliphatic heterocycles. The molecule has 0 aliphatic rings. The third kappa shape index (κ3) is 2.10. The summed E-state index contributed by atoms with van der Waals surface area (Å²) in [5.74, 6) is 0. The molecular weight excluding hydrogens is 231 g/mol. The molecule has 0 spiro atoms. The molecule has 17 heavy (non-hydrogen) atoms. The lowest BCUT2D eigenvalue weighted by Gasteiger charge is -2.12. The second-order valence-corrected chi connectivity index (χ2v) is 3.79. The van der Waals surface area contributed by atoms with Crippen LogP contribution in [0.4, 0.5) is 13.2 Å². The van der Waals surface area contributed by atoms with Crippen LogP contribution in [0.3, 0.4) is 0 Å². The summed E-state index contributed by atoms with van der Waals surface area (Å²) in [5, 5.41) is 9.06. The van der Waals surface area contributed by atoms with Crippen molar-refractivity contribution >= 4 is 10.9 Å². The topological polar surface area (TPSA) is 33.1 Å². The van der Waals surface area contributed by atoms with Crippen LogP contribution in [0.25, 0.3) is 10.9 Å². The molecule has 0 fully saturated rings. The molecule has 1 aromatic heterocycles. The van der Waals surface area contributed by atoms with Crippen LogP contribution >= 0.6 is 0 Å². The van der Waals surface area contributed by atoms with Crippen LogP contribution in [0.15, 0.2) is 24.3 Å². The van der Waals surface area contributed by atoms with E-state index in [9.17, 15) is 13.2 Å². The molecule has 0 aliphatic carbocycles. The summed E-state index contributed by atoms with van der Waals surface area (Å²) in [5.41, 5.74) is 0.398. The first kappa shape index (κ1) is 11.9. The number of fused-ring (bicyclic) bond motifs is 1. The van der Waals surface area contributed by atoms with Crippen molar-refractivity contribution in [3.05, 3.63) is 41.1 Å². The van der Waals surface area contributed by atoms with Gasteiger partial charge in [0.05, 0.1) is 23.4 Å². The molecule has 0 saturated heterocycles. The second kappa shape index (κ2) is 4.00. The van der Waals surface area contributed by atoms with Gasteiger partial charge in [-0.2, -0.15) is 13.2 Å². The second-order valence-electron chi connectivity index (χ2n) is 3.79. The lowest BCUT2D eigenvalue weighted by Crippen LogP contribution is -2.07. The Kier molecular flexibility index (Phi) is 2.79. The van der Waals surface area contributed by atoms with Crippen molar-refractivity contribution in [2.75, 3.05) is 0 Å². The molecule has 1 N–H and O–H groups in total. The molecule has 2 nitrogen and oxygen atoms in total. The van der Waals surface area contributed by atoms with E-state index >= 15 is 0 Å². The Balaban J connectivity index is 2.81. The Labute approximate surface area is 95.7 Å². The summed E-state index contributed by atoms with van der Waals surface area (Å²) in [6, 6.07) is 5.34. The third-order valence-corrected chi connectivity index (χ3v) is 2.55. The number of hydrogen-bond donors (Lipinski definition) is 1. The van der Waals surface area contributed by atoms with Crippen LogP contribution in [-0.2, 0) is 12.8 Å². The van der Waals surface area contributed by atoms with Gasteiger partial charge in [-0.05, 0) is 30.7 Å². The van der Waals surface area contributed by atoms with Gasteiger partial charge >= 0.3 is 6.18 Å². The van der Waals surface area contributed by atoms with Crippen molar-refractivity contribution < 1.29 is 18.3 Å². The average Bonchev–Trinajstić information content (AvgIpc) is 2.26. The van der Waals surface area contributed by atoms with Crippen molar-refractivity contribution in [2.45, 2.75) is 19.7 Å². The van der Waals surface area contributed by atoms with E-state index < -0.39 is 11.7 Å². The highest BCUT2D eigenvalue weighted by atomic mass is 19.4. The van der Waals surface area contributed by atoms with Gasteiger partial charge in [0.25, 0.3) is 0 Å². The molecule has 90 valence electrons. The SMILES string of the molecule is Cc1cc(CO)nc2cccc(C(F)(F)F)c12. The molecule has 0 radical (unpaired) electrons. The van der Waals surface area contributed by atoms with Gasteiger partial charge in [-0.15, -0.1) is 0 Å². The summed E-state index contributed by atoms with van der Waals surface area (Å²) < 4.78 is 38.4. The molecular formula is C12H10F3NO. The highest BCUT2D eigenvalue weighted by Crippen LogP contribution is 2.35. The van der Waals surface area contributed by atoms with Crippen molar-refractivity contribution in [3.8, 4) is 0 Å². The molecule has 0 amide bonds. The molecule has 0 unspecified atom stereocenters. The maximum absolute atomic E-state index is 12.8. The number of aryl methyl sites for hydroxylation is 1. The lowest BCUT2D eigenvalue weighted by molar-refractivity contribution is -0.136. The molecule has 0 saturated carbocycles. The molecule has 2 aromatic rings. The predicted octanol–water partition coefficient (Wildman–Crippen LogP) is 3.05. The molecule has 1 aromatic carbocycles. The normalized spacial score (nSPS) is 12.1. The number of aromatic nitrogens is 1. The average molecular weight is 241 g/mol. The molecule has 1 heterocycles. The van der Waals surface area contributed by atoms with E-state index in [2.05, 4.69) is 4.98 Å². The standard InChI is InChI=1S/C12H10F3NO/c1-7-5-8(6-17)16-10-4-2-3-9(11(7)10)12(13,14)15/h2-5,17H,6H2,1H3. The summed E-state index contributed by atoms with van der Waals surface area (Å²) in [6.07, 6.45) is -4.40. The number of halogens is 3. The van der Waals surface area contributed by atoms with Gasteiger partial charge in [0.2, 0.25) is 0 Å². The first-order valence-corrected chi connectivity index (χ1v) is 5.01. The number of aliphatic hydroxyl groups is 1. The zero-order chi connectivity index (χ0) is 12.6. The van der Waals surface area contributed by atoms with Crippen LogP contribution in [0.5, 0.6) is 0 Å². The predicted molar refractivity (Wildman–Crippen MR) is 57.4 cm³/mol. The fraction of sp³-hybridized carbons (Fsp3) is 0.250. The first-order chi connectivity index (χ1) is 7.93. The van der Waals surface area contributed by atoms with E-state index in [-0.39, 0.29) is 17.5 Å². The summed E-state index contributed by atoms with van der Waals surface area (Å²) in [4.78, 5) is 3.98. The minimum atomic E-state index is -4.40. The maximum atomic E-state index is 12.8. The zero-order valence-corrected chi connectivity index (χ0v) is 9.04. The van der Waals surface area contributed by atoms with Gasteiger partial charge in [0.15, 0.2) is 0 Å². The smallest absolute Gasteiger partial charge is 0.390 e. The minimum Gasteiger partial charge on any atom is -0.390 e. The van der Waals surface area contributed by atoms with Gasteiger partial charge in [0.1, 0.15) is 0 Å². The minimum absolute atomic E-state index is 0.0946. The van der Waals surface area contributed by atoms with E-state index in [1.54, 1.807) is 6.92 Å². The van der Waals surface area contributed by atoms with Crippen LogP contribution in [0, 0.1) is 6.92 Å². The molecule has 0 atom stereocenters. The number of nitrogens with zero attached hydrogens (tertiary/aromatic N) is 1. The van der Waals surface area contributed by atoms with Crippen molar-refractivity contribution in [3.63, 3.8) is 0 Å². The summed E-state index contributed by atoms with van der Waals surface area (Å²) in [7, 11) is 0. The largest absolute Gasteiger partial charge is 0.417 e. The van der Waals surface area contributed by atoms with E-state index in [0.29, 0.717) is 11.3 Å². The summed E-state index contributed by atoms with van der Waals surface area (Å²) in [6.45, 7) is 1.30. The maximum Gasteiger partial charge on any atom is 0.417 e. The number of pyridine rings is 1. The number of rotatable bonds is 1. The van der Waals surface area contributed by atoms with E-state index in [4.69, 9.17) is 5.11 Å². The Hall–Kier alpha value is -1.62. The Morgan fingerprint density at radius 1 is 1.29 bits per heavy atom. The number of hydrogen-bond acceptors (Lipinski definition) is 2. The van der Waals surface area contributed by atoms with Crippen LogP contribution < -0.4 is 0 Å². The molecule has 2 rings (SSSR count). The highest BCUT2D eigenvalue weighted by molar-refractivity contribution is 5.86.